The molecule has 0 spiro atoms. The smallest absolute Gasteiger partial charge is 0.238 e. The van der Waals surface area contributed by atoms with E-state index in [1.165, 1.54) is 23.1 Å². The van der Waals surface area contributed by atoms with Crippen LogP contribution in [-0.2, 0) is 11.8 Å². The predicted molar refractivity (Wildman–Crippen MR) is 74.0 cm³/mol. The largest absolute Gasteiger partial charge is 0.316 e. The number of amides is 1. The maximum atomic E-state index is 12.0. The molecule has 6 nitrogen and oxygen atoms in total. The number of aryl methyl sites for hydroxylation is 1. The molecule has 2 rings (SSSR count). The summed E-state index contributed by atoms with van der Waals surface area (Å²) in [5.74, 6) is -0.160. The van der Waals surface area contributed by atoms with Crippen LogP contribution in [0.3, 0.4) is 0 Å². The summed E-state index contributed by atoms with van der Waals surface area (Å²) in [5, 5.41) is 22.0. The van der Waals surface area contributed by atoms with Gasteiger partial charge in [-0.05, 0) is 18.4 Å². The highest BCUT2D eigenvalue weighted by atomic mass is 32.2. The number of hydrogen-bond acceptors (Lipinski definition) is 6. The van der Waals surface area contributed by atoms with E-state index in [-0.39, 0.29) is 11.2 Å². The number of carbonyl (C=O) groups excluding carboxylic acids is 1. The summed E-state index contributed by atoms with van der Waals surface area (Å²) >= 11 is 2.65. The Morgan fingerprint density at radius 2 is 2.47 bits per heavy atom. The molecular weight excluding hydrogens is 282 g/mol. The van der Waals surface area contributed by atoms with E-state index in [1.54, 1.807) is 29.3 Å². The van der Waals surface area contributed by atoms with Crippen LogP contribution in [0.5, 0.6) is 0 Å². The third-order valence-corrected chi connectivity index (χ3v) is 4.32. The van der Waals surface area contributed by atoms with Gasteiger partial charge in [0.15, 0.2) is 5.16 Å². The molecule has 1 N–H and O–H groups in total. The number of nitriles is 1. The molecule has 1 amide bonds. The van der Waals surface area contributed by atoms with Crippen molar-refractivity contribution in [1.29, 1.82) is 5.26 Å². The van der Waals surface area contributed by atoms with Crippen molar-refractivity contribution in [3.05, 3.63) is 23.3 Å². The van der Waals surface area contributed by atoms with Crippen LogP contribution in [0, 0.1) is 11.3 Å². The van der Waals surface area contributed by atoms with E-state index in [9.17, 15) is 4.79 Å². The molecule has 2 aromatic rings. The van der Waals surface area contributed by atoms with Crippen molar-refractivity contribution >= 4 is 34.0 Å². The fourth-order valence-electron chi connectivity index (χ4n) is 1.30. The van der Waals surface area contributed by atoms with Crippen molar-refractivity contribution in [3.63, 3.8) is 0 Å². The Kier molecular flexibility index (Phi) is 4.19. The number of anilines is 1. The van der Waals surface area contributed by atoms with Gasteiger partial charge in [0.25, 0.3) is 0 Å². The average molecular weight is 293 g/mol. The lowest BCUT2D eigenvalue weighted by molar-refractivity contribution is -0.115. The minimum atomic E-state index is -0.323. The summed E-state index contributed by atoms with van der Waals surface area (Å²) in [6.07, 6.45) is 1.58. The van der Waals surface area contributed by atoms with Gasteiger partial charge in [-0.2, -0.15) is 5.26 Å². The Balaban J connectivity index is 2.01. The third kappa shape index (κ3) is 3.13. The number of rotatable bonds is 4. The molecule has 0 fully saturated rings. The Labute approximate surface area is 118 Å². The highest BCUT2D eigenvalue weighted by Crippen LogP contribution is 2.25. The summed E-state index contributed by atoms with van der Waals surface area (Å²) < 4.78 is 1.75. The second kappa shape index (κ2) is 5.86. The van der Waals surface area contributed by atoms with Gasteiger partial charge in [0.1, 0.15) is 17.4 Å². The van der Waals surface area contributed by atoms with Gasteiger partial charge < -0.3 is 9.88 Å². The molecule has 98 valence electrons. The molecule has 0 radical (unpaired) electrons. The lowest BCUT2D eigenvalue weighted by Crippen LogP contribution is -2.22. The van der Waals surface area contributed by atoms with Gasteiger partial charge in [-0.3, -0.25) is 4.79 Å². The Bertz CT molecular complexity index is 627. The topological polar surface area (TPSA) is 83.6 Å². The predicted octanol–water partition coefficient (Wildman–Crippen LogP) is 1.87. The van der Waals surface area contributed by atoms with Crippen LogP contribution in [0.1, 0.15) is 12.5 Å². The second-order valence-corrected chi connectivity index (χ2v) is 5.97. The zero-order valence-corrected chi connectivity index (χ0v) is 12.0. The lowest BCUT2D eigenvalue weighted by Gasteiger charge is -2.10. The molecule has 8 heteroatoms. The molecule has 0 bridgehead atoms. The second-order valence-electron chi connectivity index (χ2n) is 3.75. The van der Waals surface area contributed by atoms with Crippen LogP contribution in [-0.4, -0.2) is 25.9 Å². The van der Waals surface area contributed by atoms with Gasteiger partial charge in [-0.1, -0.05) is 11.8 Å². The first kappa shape index (κ1) is 13.6. The highest BCUT2D eigenvalue weighted by molar-refractivity contribution is 8.00. The maximum Gasteiger partial charge on any atom is 0.238 e. The van der Waals surface area contributed by atoms with Gasteiger partial charge in [-0.15, -0.1) is 21.5 Å². The number of hydrogen-bond donors (Lipinski definition) is 1. The van der Waals surface area contributed by atoms with Gasteiger partial charge >= 0.3 is 0 Å². The van der Waals surface area contributed by atoms with E-state index in [1.807, 2.05) is 13.1 Å². The van der Waals surface area contributed by atoms with Crippen molar-refractivity contribution in [2.45, 2.75) is 17.3 Å². The minimum absolute atomic E-state index is 0.160. The first-order chi connectivity index (χ1) is 9.11. The minimum Gasteiger partial charge on any atom is -0.316 e. The SMILES string of the molecule is C[C@@H](Sc1nncn1C)C(=O)Nc1sccc1C#N. The van der Waals surface area contributed by atoms with Gasteiger partial charge in [-0.25, -0.2) is 0 Å². The molecule has 0 aliphatic heterocycles. The molecule has 0 aromatic carbocycles. The fraction of sp³-hybridized carbons (Fsp3) is 0.273. The maximum absolute atomic E-state index is 12.0. The zero-order chi connectivity index (χ0) is 13.8. The van der Waals surface area contributed by atoms with E-state index < -0.39 is 0 Å². The molecule has 2 aromatic heterocycles. The number of aromatic nitrogens is 3. The van der Waals surface area contributed by atoms with E-state index in [2.05, 4.69) is 15.5 Å². The Morgan fingerprint density at radius 1 is 1.68 bits per heavy atom. The molecule has 0 unspecified atom stereocenters. The molecule has 19 heavy (non-hydrogen) atoms. The van der Waals surface area contributed by atoms with E-state index in [0.29, 0.717) is 15.7 Å². The monoisotopic (exact) mass is 293 g/mol. The van der Waals surface area contributed by atoms with Crippen LogP contribution in [0.25, 0.3) is 0 Å². The third-order valence-electron chi connectivity index (χ3n) is 2.34. The first-order valence-electron chi connectivity index (χ1n) is 5.41. The highest BCUT2D eigenvalue weighted by Gasteiger charge is 2.18. The van der Waals surface area contributed by atoms with E-state index >= 15 is 0 Å². The van der Waals surface area contributed by atoms with Crippen molar-refractivity contribution in [2.75, 3.05) is 5.32 Å². The van der Waals surface area contributed by atoms with Crippen LogP contribution >= 0.6 is 23.1 Å². The number of thiophene rings is 1. The zero-order valence-electron chi connectivity index (χ0n) is 10.3. The summed E-state index contributed by atoms with van der Waals surface area (Å²) in [6, 6.07) is 3.72. The Hall–Kier alpha value is -1.85. The quantitative estimate of drug-likeness (QED) is 0.870. The molecular formula is C11H11N5OS2. The standard InChI is InChI=1S/C11H11N5OS2/c1-7(19-11-15-13-6-16(11)2)9(17)14-10-8(5-12)3-4-18-10/h3-4,6-7H,1-2H3,(H,14,17)/t7-/m1/s1. The summed E-state index contributed by atoms with van der Waals surface area (Å²) in [5.41, 5.74) is 0.481. The van der Waals surface area contributed by atoms with Crippen molar-refractivity contribution in [2.24, 2.45) is 7.05 Å². The van der Waals surface area contributed by atoms with Crippen molar-refractivity contribution in [1.82, 2.24) is 14.8 Å². The normalized spacial score (nSPS) is 11.8. The molecule has 0 saturated carbocycles. The van der Waals surface area contributed by atoms with Gasteiger partial charge in [0, 0.05) is 7.05 Å². The van der Waals surface area contributed by atoms with E-state index in [0.717, 1.165) is 0 Å². The Morgan fingerprint density at radius 3 is 3.11 bits per heavy atom. The van der Waals surface area contributed by atoms with Crippen LogP contribution in [0.4, 0.5) is 5.00 Å². The van der Waals surface area contributed by atoms with Crippen LogP contribution in [0.15, 0.2) is 22.9 Å². The number of nitrogens with zero attached hydrogens (tertiary/aromatic N) is 4. The van der Waals surface area contributed by atoms with Crippen molar-refractivity contribution in [3.8, 4) is 6.07 Å². The van der Waals surface area contributed by atoms with E-state index in [4.69, 9.17) is 5.26 Å². The lowest BCUT2D eigenvalue weighted by atomic mass is 10.3. The number of thioether (sulfide) groups is 1. The summed E-state index contributed by atoms with van der Waals surface area (Å²) in [4.78, 5) is 12.0. The molecule has 1 atom stereocenters. The molecule has 0 aliphatic rings. The molecule has 0 saturated heterocycles. The van der Waals surface area contributed by atoms with Gasteiger partial charge in [0.05, 0.1) is 10.8 Å². The van der Waals surface area contributed by atoms with Gasteiger partial charge in [0.2, 0.25) is 5.91 Å². The fourth-order valence-corrected chi connectivity index (χ4v) is 2.83. The van der Waals surface area contributed by atoms with Crippen LogP contribution < -0.4 is 5.32 Å². The van der Waals surface area contributed by atoms with Crippen LogP contribution in [0.2, 0.25) is 0 Å². The number of carbonyl (C=O) groups is 1. The summed E-state index contributed by atoms with van der Waals surface area (Å²) in [7, 11) is 1.82. The van der Waals surface area contributed by atoms with Crippen molar-refractivity contribution < 1.29 is 4.79 Å². The summed E-state index contributed by atoms with van der Waals surface area (Å²) in [6.45, 7) is 1.79. The number of nitrogens with one attached hydrogen (secondary N) is 1. The molecule has 2 heterocycles. The first-order valence-corrected chi connectivity index (χ1v) is 7.17. The average Bonchev–Trinajstić information content (AvgIpc) is 2.99. The molecule has 0 aliphatic carbocycles.